The number of hydrogen-bond acceptors (Lipinski definition) is 4. The van der Waals surface area contributed by atoms with Crippen LogP contribution in [0.1, 0.15) is 13.8 Å². The Bertz CT molecular complexity index is 290. The summed E-state index contributed by atoms with van der Waals surface area (Å²) in [4.78, 5) is 7.11. The third-order valence-corrected chi connectivity index (χ3v) is 1.50. The van der Waals surface area contributed by atoms with Crippen LogP contribution in [0.3, 0.4) is 0 Å². The first kappa shape index (κ1) is 9.85. The highest BCUT2D eigenvalue weighted by atomic mass is 19.1. The molecule has 0 saturated heterocycles. The van der Waals surface area contributed by atoms with Crippen LogP contribution < -0.4 is 5.32 Å². The average Bonchev–Trinajstić information content (AvgIpc) is 2.03. The molecule has 0 aliphatic carbocycles. The van der Waals surface area contributed by atoms with Gasteiger partial charge in [-0.05, 0) is 13.8 Å². The smallest absolute Gasteiger partial charge is 0.217 e. The van der Waals surface area contributed by atoms with Gasteiger partial charge in [0.2, 0.25) is 5.95 Å². The van der Waals surface area contributed by atoms with E-state index < -0.39 is 11.5 Å². The summed E-state index contributed by atoms with van der Waals surface area (Å²) in [6.07, 6.45) is 1.13. The van der Waals surface area contributed by atoms with Crippen LogP contribution in [-0.4, -0.2) is 27.2 Å². The monoisotopic (exact) mass is 185 g/mol. The minimum Gasteiger partial charge on any atom is -0.394 e. The summed E-state index contributed by atoms with van der Waals surface area (Å²) in [7, 11) is 0. The van der Waals surface area contributed by atoms with Crippen molar-refractivity contribution in [1.29, 1.82) is 0 Å². The first-order chi connectivity index (χ1) is 6.03. The molecule has 0 bridgehead atoms. The van der Waals surface area contributed by atoms with Gasteiger partial charge in [0.05, 0.1) is 12.1 Å². The van der Waals surface area contributed by atoms with E-state index in [4.69, 9.17) is 5.11 Å². The molecule has 4 nitrogen and oxygen atoms in total. The van der Waals surface area contributed by atoms with Gasteiger partial charge in [-0.15, -0.1) is 0 Å². The Morgan fingerprint density at radius 2 is 2.23 bits per heavy atom. The Hall–Kier alpha value is -1.23. The second kappa shape index (κ2) is 3.66. The summed E-state index contributed by atoms with van der Waals surface area (Å²) in [6.45, 7) is 3.51. The fraction of sp³-hybridized carbons (Fsp3) is 0.500. The molecule has 0 fully saturated rings. The molecule has 13 heavy (non-hydrogen) atoms. The molecule has 0 aliphatic heterocycles. The maximum atomic E-state index is 12.6. The van der Waals surface area contributed by atoms with Crippen molar-refractivity contribution in [3.8, 4) is 0 Å². The number of nitrogens with one attached hydrogen (secondary N) is 1. The number of anilines is 1. The average molecular weight is 185 g/mol. The molecule has 1 aromatic rings. The highest BCUT2D eigenvalue weighted by molar-refractivity contribution is 5.35. The SMILES string of the molecule is CC(C)(CO)Nc1cc(F)ncn1. The van der Waals surface area contributed by atoms with Gasteiger partial charge in [-0.2, -0.15) is 4.39 Å². The number of halogens is 1. The van der Waals surface area contributed by atoms with E-state index in [9.17, 15) is 4.39 Å². The van der Waals surface area contributed by atoms with E-state index in [1.54, 1.807) is 13.8 Å². The highest BCUT2D eigenvalue weighted by Gasteiger charge is 2.16. The quantitative estimate of drug-likeness (QED) is 0.684. The van der Waals surface area contributed by atoms with Gasteiger partial charge in [0.1, 0.15) is 12.1 Å². The largest absolute Gasteiger partial charge is 0.394 e. The maximum absolute atomic E-state index is 12.6. The van der Waals surface area contributed by atoms with E-state index in [1.165, 1.54) is 6.07 Å². The van der Waals surface area contributed by atoms with Crippen molar-refractivity contribution in [1.82, 2.24) is 9.97 Å². The van der Waals surface area contributed by atoms with Crippen LogP contribution >= 0.6 is 0 Å². The van der Waals surface area contributed by atoms with Crippen molar-refractivity contribution in [2.45, 2.75) is 19.4 Å². The molecule has 0 amide bonds. The number of hydrogen-bond donors (Lipinski definition) is 2. The van der Waals surface area contributed by atoms with Crippen molar-refractivity contribution >= 4 is 5.82 Å². The minimum absolute atomic E-state index is 0.0569. The molecule has 0 spiro atoms. The highest BCUT2D eigenvalue weighted by Crippen LogP contribution is 2.11. The predicted molar refractivity (Wildman–Crippen MR) is 46.8 cm³/mol. The standard InChI is InChI=1S/C8H12FN3O/c1-8(2,4-13)12-7-3-6(9)10-5-11-7/h3,5,13H,4H2,1-2H3,(H,10,11,12). The Labute approximate surface area is 75.8 Å². The molecule has 0 saturated carbocycles. The van der Waals surface area contributed by atoms with Crippen LogP contribution in [0, 0.1) is 5.95 Å². The van der Waals surface area contributed by atoms with E-state index in [2.05, 4.69) is 15.3 Å². The van der Waals surface area contributed by atoms with Gasteiger partial charge in [-0.3, -0.25) is 0 Å². The van der Waals surface area contributed by atoms with Gasteiger partial charge in [0.15, 0.2) is 0 Å². The molecule has 1 rings (SSSR count). The fourth-order valence-corrected chi connectivity index (χ4v) is 0.788. The van der Waals surface area contributed by atoms with Gasteiger partial charge in [-0.25, -0.2) is 9.97 Å². The third kappa shape index (κ3) is 2.95. The number of rotatable bonds is 3. The van der Waals surface area contributed by atoms with Crippen molar-refractivity contribution in [2.75, 3.05) is 11.9 Å². The van der Waals surface area contributed by atoms with Gasteiger partial charge < -0.3 is 10.4 Å². The Morgan fingerprint density at radius 1 is 1.54 bits per heavy atom. The normalized spacial score (nSPS) is 11.4. The summed E-state index contributed by atoms with van der Waals surface area (Å²) in [5.41, 5.74) is -0.513. The first-order valence-electron chi connectivity index (χ1n) is 3.90. The van der Waals surface area contributed by atoms with Crippen LogP contribution in [0.2, 0.25) is 0 Å². The van der Waals surface area contributed by atoms with Gasteiger partial charge in [-0.1, -0.05) is 0 Å². The fourth-order valence-electron chi connectivity index (χ4n) is 0.788. The molecular weight excluding hydrogens is 173 g/mol. The Kier molecular flexibility index (Phi) is 2.77. The number of aliphatic hydroxyl groups excluding tert-OH is 1. The van der Waals surface area contributed by atoms with Gasteiger partial charge >= 0.3 is 0 Å². The minimum atomic E-state index is -0.591. The predicted octanol–water partition coefficient (Wildman–Crippen LogP) is 0.798. The lowest BCUT2D eigenvalue weighted by atomic mass is 10.1. The zero-order valence-corrected chi connectivity index (χ0v) is 7.58. The van der Waals surface area contributed by atoms with E-state index in [0.29, 0.717) is 5.82 Å². The third-order valence-electron chi connectivity index (χ3n) is 1.50. The molecule has 0 unspecified atom stereocenters. The number of nitrogens with zero attached hydrogens (tertiary/aromatic N) is 2. The summed E-state index contributed by atoms with van der Waals surface area (Å²) in [6, 6.07) is 1.18. The van der Waals surface area contributed by atoms with Crippen molar-refractivity contribution < 1.29 is 9.50 Å². The molecule has 0 radical (unpaired) electrons. The Balaban J connectivity index is 2.74. The molecule has 1 heterocycles. The Morgan fingerprint density at radius 3 is 2.77 bits per heavy atom. The first-order valence-corrected chi connectivity index (χ1v) is 3.90. The zero-order valence-electron chi connectivity index (χ0n) is 7.58. The van der Waals surface area contributed by atoms with Crippen LogP contribution in [0.25, 0.3) is 0 Å². The summed E-state index contributed by atoms with van der Waals surface area (Å²) in [5, 5.41) is 11.8. The zero-order chi connectivity index (χ0) is 9.90. The van der Waals surface area contributed by atoms with Crippen LogP contribution in [0.4, 0.5) is 10.2 Å². The lowest BCUT2D eigenvalue weighted by Gasteiger charge is -2.23. The van der Waals surface area contributed by atoms with Crippen LogP contribution in [0.15, 0.2) is 12.4 Å². The molecule has 0 aromatic carbocycles. The molecule has 0 atom stereocenters. The molecule has 5 heteroatoms. The van der Waals surface area contributed by atoms with Crippen LogP contribution in [0.5, 0.6) is 0 Å². The second-order valence-electron chi connectivity index (χ2n) is 3.39. The summed E-state index contributed by atoms with van der Waals surface area (Å²) in [5.74, 6) is -0.224. The van der Waals surface area contributed by atoms with Gasteiger partial charge in [0.25, 0.3) is 0 Å². The van der Waals surface area contributed by atoms with Crippen LogP contribution in [-0.2, 0) is 0 Å². The van der Waals surface area contributed by atoms with E-state index in [0.717, 1.165) is 6.33 Å². The summed E-state index contributed by atoms with van der Waals surface area (Å²) < 4.78 is 12.6. The molecule has 0 aliphatic rings. The molecule has 2 N–H and O–H groups in total. The second-order valence-corrected chi connectivity index (χ2v) is 3.39. The van der Waals surface area contributed by atoms with E-state index in [1.807, 2.05) is 0 Å². The van der Waals surface area contributed by atoms with Crippen molar-refractivity contribution in [3.63, 3.8) is 0 Å². The lowest BCUT2D eigenvalue weighted by Crippen LogP contribution is -2.35. The summed E-state index contributed by atoms with van der Waals surface area (Å²) >= 11 is 0. The van der Waals surface area contributed by atoms with E-state index in [-0.39, 0.29) is 6.61 Å². The lowest BCUT2D eigenvalue weighted by molar-refractivity contribution is 0.234. The van der Waals surface area contributed by atoms with E-state index >= 15 is 0 Å². The van der Waals surface area contributed by atoms with Crippen molar-refractivity contribution in [2.24, 2.45) is 0 Å². The van der Waals surface area contributed by atoms with Gasteiger partial charge in [0, 0.05) is 6.07 Å². The topological polar surface area (TPSA) is 58.0 Å². The number of aliphatic hydroxyl groups is 1. The number of aromatic nitrogens is 2. The molecule has 1 aromatic heterocycles. The molecular formula is C8H12FN3O. The molecule has 72 valence electrons. The van der Waals surface area contributed by atoms with Crippen molar-refractivity contribution in [3.05, 3.63) is 18.3 Å². The maximum Gasteiger partial charge on any atom is 0.217 e.